The van der Waals surface area contributed by atoms with Gasteiger partial charge in [0.05, 0.1) is 23.9 Å². The quantitative estimate of drug-likeness (QED) is 0.384. The second-order valence-electron chi connectivity index (χ2n) is 7.47. The van der Waals surface area contributed by atoms with Crippen molar-refractivity contribution in [2.75, 3.05) is 11.5 Å². The lowest BCUT2D eigenvalue weighted by molar-refractivity contribution is -0.132. The molecule has 1 unspecified atom stereocenters. The fourth-order valence-corrected chi connectivity index (χ4v) is 4.10. The number of ether oxygens (including phenoxy) is 1. The van der Waals surface area contributed by atoms with E-state index in [1.165, 1.54) is 12.4 Å². The molecule has 1 amide bonds. The SMILES string of the molecule is O=C1C(=O)N(c2cc(F)ccc2F)C(c2ccncc2)/C1=C(/O)c1ccc2c(c1)CCO2. The average molecular weight is 434 g/mol. The zero-order valence-corrected chi connectivity index (χ0v) is 16.6. The van der Waals surface area contributed by atoms with Gasteiger partial charge in [-0.3, -0.25) is 19.5 Å². The second-order valence-corrected chi connectivity index (χ2v) is 7.47. The van der Waals surface area contributed by atoms with E-state index < -0.39 is 40.8 Å². The van der Waals surface area contributed by atoms with Crippen LogP contribution in [0.3, 0.4) is 0 Å². The Morgan fingerprint density at radius 2 is 1.84 bits per heavy atom. The number of hydrogen-bond donors (Lipinski definition) is 1. The number of nitrogens with zero attached hydrogens (tertiary/aromatic N) is 2. The molecule has 0 spiro atoms. The molecule has 5 rings (SSSR count). The molecule has 1 N–H and O–H groups in total. The van der Waals surface area contributed by atoms with Crippen LogP contribution >= 0.6 is 0 Å². The highest BCUT2D eigenvalue weighted by Crippen LogP contribution is 2.43. The molecule has 0 bridgehead atoms. The van der Waals surface area contributed by atoms with E-state index in [-0.39, 0.29) is 5.57 Å². The van der Waals surface area contributed by atoms with Gasteiger partial charge in [-0.05, 0) is 53.6 Å². The van der Waals surface area contributed by atoms with Crippen molar-refractivity contribution in [3.05, 3.63) is 94.8 Å². The number of pyridine rings is 1. The molecule has 32 heavy (non-hydrogen) atoms. The topological polar surface area (TPSA) is 79.7 Å². The van der Waals surface area contributed by atoms with Crippen LogP contribution in [0.1, 0.15) is 22.7 Å². The number of ketones is 1. The lowest BCUT2D eigenvalue weighted by Gasteiger charge is -2.25. The summed E-state index contributed by atoms with van der Waals surface area (Å²) in [7, 11) is 0. The van der Waals surface area contributed by atoms with Gasteiger partial charge in [0.1, 0.15) is 23.1 Å². The number of hydrogen-bond acceptors (Lipinski definition) is 5. The molecule has 160 valence electrons. The normalized spacial score (nSPS) is 19.2. The first-order valence-corrected chi connectivity index (χ1v) is 9.88. The molecule has 2 aliphatic heterocycles. The van der Waals surface area contributed by atoms with E-state index in [1.807, 2.05) is 0 Å². The molecule has 0 saturated carbocycles. The first kappa shape index (κ1) is 19.9. The minimum absolute atomic E-state index is 0.219. The Hall–Kier alpha value is -4.07. The van der Waals surface area contributed by atoms with E-state index in [4.69, 9.17) is 4.74 Å². The van der Waals surface area contributed by atoms with Gasteiger partial charge in [-0.15, -0.1) is 0 Å². The number of amides is 1. The Bertz CT molecular complexity index is 1290. The van der Waals surface area contributed by atoms with E-state index in [2.05, 4.69) is 4.98 Å². The van der Waals surface area contributed by atoms with E-state index in [9.17, 15) is 23.5 Å². The van der Waals surface area contributed by atoms with Crippen LogP contribution < -0.4 is 9.64 Å². The minimum Gasteiger partial charge on any atom is -0.507 e. The van der Waals surface area contributed by atoms with Crippen molar-refractivity contribution in [1.82, 2.24) is 4.98 Å². The average Bonchev–Trinajstić information content (AvgIpc) is 3.38. The molecule has 0 radical (unpaired) electrons. The number of aromatic nitrogens is 1. The summed E-state index contributed by atoms with van der Waals surface area (Å²) in [5.41, 5.74) is 0.985. The highest BCUT2D eigenvalue weighted by molar-refractivity contribution is 6.51. The van der Waals surface area contributed by atoms with Gasteiger partial charge in [0.2, 0.25) is 0 Å². The summed E-state index contributed by atoms with van der Waals surface area (Å²) in [6, 6.07) is 9.53. The third-order valence-electron chi connectivity index (χ3n) is 5.60. The summed E-state index contributed by atoms with van der Waals surface area (Å²) in [6.45, 7) is 0.514. The van der Waals surface area contributed by atoms with Gasteiger partial charge in [-0.25, -0.2) is 8.78 Å². The van der Waals surface area contributed by atoms with Crippen LogP contribution in [0.5, 0.6) is 5.75 Å². The molecule has 1 atom stereocenters. The van der Waals surface area contributed by atoms with Crippen LogP contribution in [0, 0.1) is 11.6 Å². The van der Waals surface area contributed by atoms with Crippen molar-refractivity contribution in [2.24, 2.45) is 0 Å². The van der Waals surface area contributed by atoms with Crippen LogP contribution in [0.2, 0.25) is 0 Å². The zero-order valence-electron chi connectivity index (χ0n) is 16.6. The highest BCUT2D eigenvalue weighted by atomic mass is 19.1. The number of anilines is 1. The molecule has 0 aliphatic carbocycles. The number of aliphatic hydroxyl groups is 1. The fourth-order valence-electron chi connectivity index (χ4n) is 4.10. The van der Waals surface area contributed by atoms with Crippen LogP contribution in [-0.2, 0) is 16.0 Å². The van der Waals surface area contributed by atoms with Crippen molar-refractivity contribution in [2.45, 2.75) is 12.5 Å². The number of aliphatic hydroxyl groups excluding tert-OH is 1. The number of carbonyl (C=O) groups excluding carboxylic acids is 2. The van der Waals surface area contributed by atoms with Crippen molar-refractivity contribution in [3.8, 4) is 5.75 Å². The molecule has 3 heterocycles. The molecule has 2 aromatic carbocycles. The third kappa shape index (κ3) is 3.11. The summed E-state index contributed by atoms with van der Waals surface area (Å²) in [4.78, 5) is 30.9. The van der Waals surface area contributed by atoms with Crippen molar-refractivity contribution >= 4 is 23.1 Å². The molecular formula is C24H16F2N2O4. The van der Waals surface area contributed by atoms with E-state index >= 15 is 0 Å². The van der Waals surface area contributed by atoms with Crippen LogP contribution in [0.4, 0.5) is 14.5 Å². The van der Waals surface area contributed by atoms with Gasteiger partial charge in [-0.1, -0.05) is 0 Å². The standard InChI is InChI=1S/C24H16F2N2O4/c25-16-2-3-17(26)18(12-16)28-21(13-5-8-27-9-6-13)20(23(30)24(28)31)22(29)15-1-4-19-14(11-15)7-10-32-19/h1-6,8-9,11-12,21,29H,7,10H2/b22-20-. The molecule has 3 aromatic rings. The Balaban J connectivity index is 1.73. The van der Waals surface area contributed by atoms with Gasteiger partial charge in [0, 0.05) is 30.4 Å². The zero-order chi connectivity index (χ0) is 22.4. The second kappa shape index (κ2) is 7.56. The summed E-state index contributed by atoms with van der Waals surface area (Å²) in [5, 5.41) is 11.1. The van der Waals surface area contributed by atoms with Gasteiger partial charge in [0.15, 0.2) is 0 Å². The van der Waals surface area contributed by atoms with Gasteiger partial charge >= 0.3 is 0 Å². The van der Waals surface area contributed by atoms with Crippen molar-refractivity contribution < 1.29 is 28.2 Å². The maximum absolute atomic E-state index is 14.6. The Kier molecular flexibility index (Phi) is 4.70. The summed E-state index contributed by atoms with van der Waals surface area (Å²) in [6.07, 6.45) is 3.54. The minimum atomic E-state index is -1.17. The van der Waals surface area contributed by atoms with Gasteiger partial charge < -0.3 is 9.84 Å². The third-order valence-corrected chi connectivity index (χ3v) is 5.60. The Morgan fingerprint density at radius 3 is 2.62 bits per heavy atom. The first-order chi connectivity index (χ1) is 15.5. The maximum atomic E-state index is 14.6. The lowest BCUT2D eigenvalue weighted by atomic mass is 9.95. The van der Waals surface area contributed by atoms with E-state index in [1.54, 1.807) is 30.3 Å². The number of halogens is 2. The Morgan fingerprint density at radius 1 is 1.06 bits per heavy atom. The van der Waals surface area contributed by atoms with Gasteiger partial charge in [0.25, 0.3) is 11.7 Å². The number of fused-ring (bicyclic) bond motifs is 1. The molecule has 1 saturated heterocycles. The molecule has 8 heteroatoms. The molecule has 1 aromatic heterocycles. The molecule has 6 nitrogen and oxygen atoms in total. The van der Waals surface area contributed by atoms with Crippen molar-refractivity contribution in [1.29, 1.82) is 0 Å². The monoisotopic (exact) mass is 434 g/mol. The highest BCUT2D eigenvalue weighted by Gasteiger charge is 2.47. The number of benzene rings is 2. The summed E-state index contributed by atoms with van der Waals surface area (Å²) in [5.74, 6) is -3.42. The van der Waals surface area contributed by atoms with Crippen LogP contribution in [0.25, 0.3) is 5.76 Å². The number of carbonyl (C=O) groups is 2. The first-order valence-electron chi connectivity index (χ1n) is 9.88. The predicted molar refractivity (Wildman–Crippen MR) is 111 cm³/mol. The smallest absolute Gasteiger partial charge is 0.300 e. The summed E-state index contributed by atoms with van der Waals surface area (Å²) < 4.78 is 34.0. The van der Waals surface area contributed by atoms with Crippen LogP contribution in [-0.4, -0.2) is 28.4 Å². The lowest BCUT2D eigenvalue weighted by Crippen LogP contribution is -2.30. The maximum Gasteiger partial charge on any atom is 0.300 e. The van der Waals surface area contributed by atoms with E-state index in [0.717, 1.165) is 28.7 Å². The number of rotatable bonds is 3. The number of Topliss-reactive ketones (excluding diaryl/α,β-unsaturated/α-hetero) is 1. The van der Waals surface area contributed by atoms with Crippen molar-refractivity contribution in [3.63, 3.8) is 0 Å². The predicted octanol–water partition coefficient (Wildman–Crippen LogP) is 3.92. The van der Waals surface area contributed by atoms with E-state index in [0.29, 0.717) is 29.9 Å². The van der Waals surface area contributed by atoms with Gasteiger partial charge in [-0.2, -0.15) is 0 Å². The Labute approximate surface area is 181 Å². The molecular weight excluding hydrogens is 418 g/mol. The largest absolute Gasteiger partial charge is 0.507 e. The summed E-state index contributed by atoms with van der Waals surface area (Å²) >= 11 is 0. The van der Waals surface area contributed by atoms with Crippen LogP contribution in [0.15, 0.2) is 66.5 Å². The molecule has 1 fully saturated rings. The fraction of sp³-hybridized carbons (Fsp3) is 0.125. The molecule has 2 aliphatic rings.